The molecule has 4 rings (SSSR count). The molecule has 0 atom stereocenters. The standard InChI is InChI=1S/C23H27N3O3S2/c1-2-12-26-21-11-10-20(18-22(21)30-23(26)27)31(28,29)25-16-14-24(15-17-25)13-6-9-19-7-4-3-5-8-19/h3-11,18H,2,12-17H2,1H3/b9-6+. The van der Waals surface area contributed by atoms with Gasteiger partial charge in [0.05, 0.1) is 15.1 Å². The summed E-state index contributed by atoms with van der Waals surface area (Å²) in [5.74, 6) is 0. The molecule has 6 nitrogen and oxygen atoms in total. The van der Waals surface area contributed by atoms with E-state index in [0.717, 1.165) is 40.1 Å². The first-order chi connectivity index (χ1) is 15.0. The van der Waals surface area contributed by atoms with E-state index in [2.05, 4.69) is 29.2 Å². The normalized spacial score (nSPS) is 16.4. The number of aryl methyl sites for hydroxylation is 1. The number of aromatic nitrogens is 1. The van der Waals surface area contributed by atoms with Crippen molar-refractivity contribution in [3.63, 3.8) is 0 Å². The maximum Gasteiger partial charge on any atom is 0.308 e. The zero-order valence-corrected chi connectivity index (χ0v) is 19.2. The zero-order valence-electron chi connectivity index (χ0n) is 17.6. The molecule has 2 heterocycles. The van der Waals surface area contributed by atoms with Crippen molar-refractivity contribution in [2.75, 3.05) is 32.7 Å². The summed E-state index contributed by atoms with van der Waals surface area (Å²) in [5, 5.41) is 0. The molecule has 0 radical (unpaired) electrons. The van der Waals surface area contributed by atoms with Gasteiger partial charge in [0.25, 0.3) is 0 Å². The Balaban J connectivity index is 1.42. The van der Waals surface area contributed by atoms with Gasteiger partial charge in [-0.3, -0.25) is 14.3 Å². The summed E-state index contributed by atoms with van der Waals surface area (Å²) in [4.78, 5) is 14.7. The fraction of sp³-hybridized carbons (Fsp3) is 0.348. The molecule has 164 valence electrons. The number of hydrogen-bond acceptors (Lipinski definition) is 5. The first-order valence-corrected chi connectivity index (χ1v) is 12.8. The van der Waals surface area contributed by atoms with E-state index < -0.39 is 10.0 Å². The van der Waals surface area contributed by atoms with E-state index in [1.807, 2.05) is 25.1 Å². The molecule has 0 amide bonds. The highest BCUT2D eigenvalue weighted by atomic mass is 32.2. The van der Waals surface area contributed by atoms with Crippen molar-refractivity contribution in [2.45, 2.75) is 24.8 Å². The van der Waals surface area contributed by atoms with Crippen molar-refractivity contribution >= 4 is 37.7 Å². The molecule has 2 aromatic carbocycles. The van der Waals surface area contributed by atoms with Gasteiger partial charge in [-0.05, 0) is 30.2 Å². The predicted molar refractivity (Wildman–Crippen MR) is 127 cm³/mol. The molecule has 0 spiro atoms. The Morgan fingerprint density at radius 3 is 2.48 bits per heavy atom. The fourth-order valence-corrected chi connectivity index (χ4v) is 6.33. The molecule has 1 fully saturated rings. The van der Waals surface area contributed by atoms with Gasteiger partial charge in [0.15, 0.2) is 0 Å². The number of nitrogens with zero attached hydrogens (tertiary/aromatic N) is 3. The van der Waals surface area contributed by atoms with Crippen molar-refractivity contribution in [2.24, 2.45) is 0 Å². The molecule has 1 aliphatic heterocycles. The smallest absolute Gasteiger partial charge is 0.299 e. The summed E-state index contributed by atoms with van der Waals surface area (Å²) in [7, 11) is -3.57. The number of thiazole rings is 1. The molecule has 0 N–H and O–H groups in total. The fourth-order valence-electron chi connectivity index (χ4n) is 3.85. The lowest BCUT2D eigenvalue weighted by Crippen LogP contribution is -2.48. The Morgan fingerprint density at radius 1 is 1.03 bits per heavy atom. The summed E-state index contributed by atoms with van der Waals surface area (Å²) >= 11 is 1.11. The quantitative estimate of drug-likeness (QED) is 0.545. The van der Waals surface area contributed by atoms with Crippen LogP contribution in [-0.4, -0.2) is 54.9 Å². The number of sulfonamides is 1. The molecule has 0 unspecified atom stereocenters. The third-order valence-corrected chi connectivity index (χ3v) is 8.37. The lowest BCUT2D eigenvalue weighted by atomic mass is 10.2. The molecule has 0 aliphatic carbocycles. The molecule has 8 heteroatoms. The lowest BCUT2D eigenvalue weighted by Gasteiger charge is -2.33. The number of benzene rings is 2. The molecular weight excluding hydrogens is 430 g/mol. The Labute approximate surface area is 187 Å². The summed E-state index contributed by atoms with van der Waals surface area (Å²) in [5.41, 5.74) is 1.97. The Hall–Kier alpha value is -2.26. The van der Waals surface area contributed by atoms with Crippen LogP contribution in [0, 0.1) is 0 Å². The minimum Gasteiger partial charge on any atom is -0.299 e. The van der Waals surface area contributed by atoms with Crippen LogP contribution >= 0.6 is 11.3 Å². The van der Waals surface area contributed by atoms with Crippen LogP contribution in [0.25, 0.3) is 16.3 Å². The van der Waals surface area contributed by atoms with E-state index >= 15 is 0 Å². The summed E-state index contributed by atoms with van der Waals surface area (Å²) < 4.78 is 30.3. The van der Waals surface area contributed by atoms with E-state index in [9.17, 15) is 13.2 Å². The molecule has 1 aliphatic rings. The van der Waals surface area contributed by atoms with Crippen molar-refractivity contribution in [1.82, 2.24) is 13.8 Å². The van der Waals surface area contributed by atoms with Crippen molar-refractivity contribution in [3.8, 4) is 0 Å². The van der Waals surface area contributed by atoms with E-state index in [1.165, 1.54) is 0 Å². The zero-order chi connectivity index (χ0) is 21.8. The minimum absolute atomic E-state index is 0.0384. The van der Waals surface area contributed by atoms with E-state index in [-0.39, 0.29) is 9.77 Å². The Bertz CT molecular complexity index is 1220. The van der Waals surface area contributed by atoms with Gasteiger partial charge in [0.2, 0.25) is 10.0 Å². The van der Waals surface area contributed by atoms with Gasteiger partial charge in [-0.2, -0.15) is 4.31 Å². The van der Waals surface area contributed by atoms with Crippen molar-refractivity contribution in [1.29, 1.82) is 0 Å². The van der Waals surface area contributed by atoms with Gasteiger partial charge < -0.3 is 0 Å². The molecule has 1 saturated heterocycles. The van der Waals surface area contributed by atoms with Crippen LogP contribution in [0.1, 0.15) is 18.9 Å². The van der Waals surface area contributed by atoms with Gasteiger partial charge in [0, 0.05) is 39.3 Å². The second kappa shape index (κ2) is 9.48. The second-order valence-electron chi connectivity index (χ2n) is 7.67. The maximum atomic E-state index is 13.2. The predicted octanol–water partition coefficient (Wildman–Crippen LogP) is 3.49. The van der Waals surface area contributed by atoms with Gasteiger partial charge in [-0.15, -0.1) is 0 Å². The third-order valence-electron chi connectivity index (χ3n) is 5.53. The number of hydrogen-bond donors (Lipinski definition) is 0. The third kappa shape index (κ3) is 4.82. The summed E-state index contributed by atoms with van der Waals surface area (Å²) in [6.07, 6.45) is 5.07. The van der Waals surface area contributed by atoms with E-state index in [0.29, 0.717) is 32.7 Å². The van der Waals surface area contributed by atoms with Crippen LogP contribution in [0.4, 0.5) is 0 Å². The monoisotopic (exact) mass is 457 g/mol. The van der Waals surface area contributed by atoms with Crippen LogP contribution in [0.3, 0.4) is 0 Å². The van der Waals surface area contributed by atoms with Gasteiger partial charge >= 0.3 is 4.87 Å². The minimum atomic E-state index is -3.57. The first kappa shape index (κ1) is 22.0. The molecule has 0 saturated carbocycles. The van der Waals surface area contributed by atoms with Crippen LogP contribution in [0.15, 0.2) is 64.3 Å². The molecule has 0 bridgehead atoms. The van der Waals surface area contributed by atoms with Crippen LogP contribution in [0.2, 0.25) is 0 Å². The molecule has 3 aromatic rings. The van der Waals surface area contributed by atoms with Crippen LogP contribution in [-0.2, 0) is 16.6 Å². The highest BCUT2D eigenvalue weighted by molar-refractivity contribution is 7.89. The van der Waals surface area contributed by atoms with Gasteiger partial charge in [-0.25, -0.2) is 8.42 Å². The number of fused-ring (bicyclic) bond motifs is 1. The largest absolute Gasteiger partial charge is 0.308 e. The topological polar surface area (TPSA) is 62.6 Å². The van der Waals surface area contributed by atoms with E-state index in [4.69, 9.17) is 0 Å². The van der Waals surface area contributed by atoms with Gasteiger partial charge in [-0.1, -0.05) is 60.7 Å². The molecule has 1 aromatic heterocycles. The van der Waals surface area contributed by atoms with Crippen LogP contribution in [0.5, 0.6) is 0 Å². The van der Waals surface area contributed by atoms with Gasteiger partial charge in [0.1, 0.15) is 0 Å². The number of rotatable bonds is 7. The molecule has 31 heavy (non-hydrogen) atoms. The Kier molecular flexibility index (Phi) is 6.71. The maximum absolute atomic E-state index is 13.2. The van der Waals surface area contributed by atoms with E-state index in [1.54, 1.807) is 27.1 Å². The van der Waals surface area contributed by atoms with Crippen molar-refractivity contribution < 1.29 is 8.42 Å². The average Bonchev–Trinajstić information content (AvgIpc) is 3.09. The Morgan fingerprint density at radius 2 is 1.77 bits per heavy atom. The SMILES string of the molecule is CCCn1c(=O)sc2cc(S(=O)(=O)N3CCN(C/C=C/c4ccccc4)CC3)ccc21. The highest BCUT2D eigenvalue weighted by Crippen LogP contribution is 2.25. The number of piperazine rings is 1. The first-order valence-electron chi connectivity index (χ1n) is 10.6. The van der Waals surface area contributed by atoms with Crippen LogP contribution < -0.4 is 4.87 Å². The lowest BCUT2D eigenvalue weighted by molar-refractivity contribution is 0.204. The second-order valence-corrected chi connectivity index (χ2v) is 10.6. The van der Waals surface area contributed by atoms with Crippen molar-refractivity contribution in [3.05, 3.63) is 69.8 Å². The summed E-state index contributed by atoms with van der Waals surface area (Å²) in [6, 6.07) is 15.2. The average molecular weight is 458 g/mol. The highest BCUT2D eigenvalue weighted by Gasteiger charge is 2.28. The molecular formula is C23H27N3O3S2. The summed E-state index contributed by atoms with van der Waals surface area (Å²) in [6.45, 7) is 5.78.